The second-order valence-electron chi connectivity index (χ2n) is 6.73. The number of nitrogens with zero attached hydrogens (tertiary/aromatic N) is 5. The Morgan fingerprint density at radius 1 is 1.37 bits per heavy atom. The maximum absolute atomic E-state index is 15.2. The van der Waals surface area contributed by atoms with Crippen LogP contribution in [0, 0.1) is 0 Å². The molecule has 7 nitrogen and oxygen atoms in total. The van der Waals surface area contributed by atoms with E-state index in [0.29, 0.717) is 42.3 Å². The molecule has 3 rings (SSSR count). The molecule has 1 aromatic rings. The summed E-state index contributed by atoms with van der Waals surface area (Å²) in [7, 11) is 0. The predicted molar refractivity (Wildman–Crippen MR) is 100 cm³/mol. The monoisotopic (exact) mass is 374 g/mol. The lowest BCUT2D eigenvalue weighted by molar-refractivity contribution is -0.362. The molecule has 3 heterocycles. The molecule has 0 unspecified atom stereocenters. The van der Waals surface area contributed by atoms with Crippen molar-refractivity contribution < 1.29 is 17.9 Å². The number of rotatable bonds is 7. The Kier molecular flexibility index (Phi) is 5.18. The fourth-order valence-electron chi connectivity index (χ4n) is 3.65. The van der Waals surface area contributed by atoms with Crippen LogP contribution in [-0.2, 0) is 11.2 Å². The van der Waals surface area contributed by atoms with Gasteiger partial charge in [-0.05, 0) is 43.1 Å². The standard InChI is InChI=1S/C17H21BF2N6O/c1-12-10-13(2)25-16(12)11-15-5-4-14(26(15)18(25,19)20)6-7-17(27)22-8-3-9-23-24-21/h4-5,10-11H,3,6-9H2,1-2H3,(H,22,27). The normalized spacial score (nSPS) is 16.9. The van der Waals surface area contributed by atoms with E-state index in [0.717, 1.165) is 14.5 Å². The third-order valence-corrected chi connectivity index (χ3v) is 4.84. The molecular weight excluding hydrogens is 353 g/mol. The molecule has 142 valence electrons. The number of hydrogen-bond acceptors (Lipinski definition) is 2. The first-order chi connectivity index (χ1) is 12.9. The number of hydrogen-bond donors (Lipinski definition) is 1. The molecule has 0 radical (unpaired) electrons. The number of azide groups is 1. The second kappa shape index (κ2) is 7.40. The fourth-order valence-corrected chi connectivity index (χ4v) is 3.65. The number of amides is 1. The van der Waals surface area contributed by atoms with Gasteiger partial charge in [0.1, 0.15) is 5.71 Å². The zero-order chi connectivity index (χ0) is 19.6. The number of nitrogens with one attached hydrogen (secondary N) is 1. The summed E-state index contributed by atoms with van der Waals surface area (Å²) >= 11 is 0. The number of aromatic nitrogens is 1. The zero-order valence-electron chi connectivity index (χ0n) is 15.3. The molecule has 0 bridgehead atoms. The van der Waals surface area contributed by atoms with Crippen molar-refractivity contribution in [3.63, 3.8) is 0 Å². The first-order valence-corrected chi connectivity index (χ1v) is 8.89. The highest BCUT2D eigenvalue weighted by Gasteiger charge is 2.52. The van der Waals surface area contributed by atoms with Gasteiger partial charge in [0.25, 0.3) is 0 Å². The van der Waals surface area contributed by atoms with Gasteiger partial charge in [-0.1, -0.05) is 5.11 Å². The van der Waals surface area contributed by atoms with Gasteiger partial charge < -0.3 is 22.9 Å². The predicted octanol–water partition coefficient (Wildman–Crippen LogP) is 3.25. The van der Waals surface area contributed by atoms with Crippen LogP contribution in [0.15, 0.2) is 34.6 Å². The molecule has 0 saturated heterocycles. The highest BCUT2D eigenvalue weighted by Crippen LogP contribution is 2.35. The van der Waals surface area contributed by atoms with Crippen molar-refractivity contribution in [2.24, 2.45) is 5.11 Å². The summed E-state index contributed by atoms with van der Waals surface area (Å²) in [6.45, 7) is 0.216. The number of carbonyl (C=O) groups is 1. The number of aryl methyl sites for hydroxylation is 1. The molecule has 27 heavy (non-hydrogen) atoms. The van der Waals surface area contributed by atoms with Crippen molar-refractivity contribution in [3.8, 4) is 0 Å². The number of allylic oxidation sites excluding steroid dienone is 2. The van der Waals surface area contributed by atoms with Gasteiger partial charge in [-0.3, -0.25) is 4.79 Å². The number of fused-ring (bicyclic) bond motifs is 2. The molecule has 0 aromatic carbocycles. The Balaban J connectivity index is 1.71. The third kappa shape index (κ3) is 3.53. The molecule has 10 heteroatoms. The number of carbonyl (C=O) groups excluding carboxylic acids is 1. The van der Waals surface area contributed by atoms with Crippen molar-refractivity contribution in [3.05, 3.63) is 51.3 Å². The van der Waals surface area contributed by atoms with Crippen LogP contribution in [0.25, 0.3) is 16.5 Å². The molecule has 1 N–H and O–H groups in total. The van der Waals surface area contributed by atoms with Crippen molar-refractivity contribution >= 4 is 24.7 Å². The minimum atomic E-state index is -3.99. The molecule has 0 saturated carbocycles. The Morgan fingerprint density at radius 3 is 2.89 bits per heavy atom. The minimum Gasteiger partial charge on any atom is -0.394 e. The first kappa shape index (κ1) is 18.9. The van der Waals surface area contributed by atoms with Gasteiger partial charge >= 0.3 is 6.97 Å². The number of halogens is 2. The van der Waals surface area contributed by atoms with Crippen molar-refractivity contribution in [1.29, 1.82) is 0 Å². The molecule has 0 atom stereocenters. The molecule has 0 spiro atoms. The minimum absolute atomic E-state index is 0.119. The summed E-state index contributed by atoms with van der Waals surface area (Å²) in [6.07, 6.45) is 4.41. The van der Waals surface area contributed by atoms with E-state index in [1.165, 1.54) is 0 Å². The molecule has 0 aliphatic carbocycles. The van der Waals surface area contributed by atoms with Crippen LogP contribution in [0.5, 0.6) is 0 Å². The van der Waals surface area contributed by atoms with Crippen LogP contribution >= 0.6 is 0 Å². The highest BCUT2D eigenvalue weighted by molar-refractivity contribution is 6.58. The van der Waals surface area contributed by atoms with E-state index in [1.807, 2.05) is 6.92 Å². The van der Waals surface area contributed by atoms with Crippen LogP contribution in [-0.4, -0.2) is 40.6 Å². The van der Waals surface area contributed by atoms with Crippen LogP contribution < -0.4 is 5.32 Å². The fraction of sp³-hybridized carbons (Fsp3) is 0.412. The van der Waals surface area contributed by atoms with Crippen LogP contribution in [0.4, 0.5) is 8.63 Å². The molecule has 1 amide bonds. The quantitative estimate of drug-likeness (QED) is 0.257. The van der Waals surface area contributed by atoms with Crippen LogP contribution in [0.2, 0.25) is 0 Å². The summed E-state index contributed by atoms with van der Waals surface area (Å²) in [6, 6.07) is 3.33. The lowest BCUT2D eigenvalue weighted by atomic mass is 9.89. The van der Waals surface area contributed by atoms with Gasteiger partial charge in [0, 0.05) is 54.8 Å². The van der Waals surface area contributed by atoms with Gasteiger partial charge in [0.05, 0.1) is 0 Å². The van der Waals surface area contributed by atoms with Gasteiger partial charge in [0.15, 0.2) is 5.70 Å². The van der Waals surface area contributed by atoms with Crippen molar-refractivity contribution in [1.82, 2.24) is 9.79 Å². The molecule has 2 aliphatic heterocycles. The lowest BCUT2D eigenvalue weighted by Gasteiger charge is -2.31. The molecule has 2 aliphatic rings. The Bertz CT molecular complexity index is 924. The summed E-state index contributed by atoms with van der Waals surface area (Å²) in [5.74, 6) is -0.212. The average molecular weight is 374 g/mol. The van der Waals surface area contributed by atoms with E-state index in [1.54, 1.807) is 31.2 Å². The third-order valence-electron chi connectivity index (χ3n) is 4.84. The Morgan fingerprint density at radius 2 is 2.15 bits per heavy atom. The van der Waals surface area contributed by atoms with E-state index >= 15 is 8.63 Å². The zero-order valence-corrected chi connectivity index (χ0v) is 15.3. The molecule has 0 fully saturated rings. The van der Waals surface area contributed by atoms with E-state index in [-0.39, 0.29) is 18.7 Å². The average Bonchev–Trinajstić information content (AvgIpc) is 3.15. The summed E-state index contributed by atoms with van der Waals surface area (Å²) in [4.78, 5) is 14.6. The van der Waals surface area contributed by atoms with Gasteiger partial charge in [-0.15, -0.1) is 0 Å². The lowest BCUT2D eigenvalue weighted by Crippen LogP contribution is -2.50. The van der Waals surface area contributed by atoms with Gasteiger partial charge in [0.2, 0.25) is 5.91 Å². The van der Waals surface area contributed by atoms with Gasteiger partial charge in [-0.2, -0.15) is 0 Å². The molecule has 1 aromatic heterocycles. The van der Waals surface area contributed by atoms with E-state index in [2.05, 4.69) is 15.3 Å². The van der Waals surface area contributed by atoms with Crippen LogP contribution in [0.1, 0.15) is 38.1 Å². The maximum Gasteiger partial charge on any atom is 0.737 e. The van der Waals surface area contributed by atoms with Crippen LogP contribution in [0.3, 0.4) is 0 Å². The van der Waals surface area contributed by atoms with Gasteiger partial charge in [-0.25, -0.2) is 0 Å². The van der Waals surface area contributed by atoms with E-state index in [4.69, 9.17) is 5.53 Å². The van der Waals surface area contributed by atoms with Crippen molar-refractivity contribution in [2.45, 2.75) is 33.1 Å². The highest BCUT2D eigenvalue weighted by atomic mass is 19.2. The topological polar surface area (TPSA) is 85.8 Å². The van der Waals surface area contributed by atoms with Crippen molar-refractivity contribution in [2.75, 3.05) is 13.1 Å². The first-order valence-electron chi connectivity index (χ1n) is 8.89. The maximum atomic E-state index is 15.2. The second-order valence-corrected chi connectivity index (χ2v) is 6.73. The summed E-state index contributed by atoms with van der Waals surface area (Å²) in [5.41, 5.74) is 11.0. The van der Waals surface area contributed by atoms with E-state index < -0.39 is 6.97 Å². The Hall–Kier alpha value is -2.87. The summed E-state index contributed by atoms with van der Waals surface area (Å²) < 4.78 is 32.6. The Labute approximate surface area is 155 Å². The SMILES string of the molecule is CC1=CC(C)=[N+]2C1=Cc1ccc(CCC(=O)NCCCN=[N+]=[N-])n1[B-]2(F)F. The van der Waals surface area contributed by atoms with E-state index in [9.17, 15) is 4.79 Å². The molecular formula is C17H21BF2N6O. The largest absolute Gasteiger partial charge is 0.737 e. The summed E-state index contributed by atoms with van der Waals surface area (Å²) in [5, 5.41) is 6.09. The smallest absolute Gasteiger partial charge is 0.394 e.